The Bertz CT molecular complexity index is 1480. The van der Waals surface area contributed by atoms with Crippen molar-refractivity contribution in [2.45, 2.75) is 58.3 Å². The van der Waals surface area contributed by atoms with Crippen molar-refractivity contribution in [3.05, 3.63) is 75.8 Å². The summed E-state index contributed by atoms with van der Waals surface area (Å²) in [7, 11) is 0. The summed E-state index contributed by atoms with van der Waals surface area (Å²) >= 11 is 0. The summed E-state index contributed by atoms with van der Waals surface area (Å²) in [6, 6.07) is 16.0. The van der Waals surface area contributed by atoms with Gasteiger partial charge in [-0.05, 0) is 53.3 Å². The van der Waals surface area contributed by atoms with Gasteiger partial charge < -0.3 is 19.2 Å². The van der Waals surface area contributed by atoms with Crippen molar-refractivity contribution in [3.8, 4) is 11.5 Å². The molecule has 2 aromatic carbocycles. The van der Waals surface area contributed by atoms with Gasteiger partial charge in [-0.2, -0.15) is 0 Å². The number of nitrogens with one attached hydrogen (secondary N) is 1. The maximum Gasteiger partial charge on any atom is 0.252 e. The lowest BCUT2D eigenvalue weighted by atomic mass is 9.99. The van der Waals surface area contributed by atoms with Crippen molar-refractivity contribution < 1.29 is 14.2 Å². The molecule has 2 aliphatic heterocycles. The Balaban J connectivity index is 1.34. The predicted molar refractivity (Wildman–Crippen MR) is 146 cm³/mol. The molecule has 10 heteroatoms. The van der Waals surface area contributed by atoms with Gasteiger partial charge in [0.2, 0.25) is 6.79 Å². The van der Waals surface area contributed by atoms with Gasteiger partial charge in [0.05, 0.1) is 24.2 Å². The van der Waals surface area contributed by atoms with E-state index in [0.717, 1.165) is 49.1 Å². The van der Waals surface area contributed by atoms with Crippen LogP contribution in [-0.4, -0.2) is 56.1 Å². The van der Waals surface area contributed by atoms with Crippen molar-refractivity contribution in [2.75, 3.05) is 19.9 Å². The molecule has 0 aliphatic carbocycles. The third-order valence-electron chi connectivity index (χ3n) is 7.57. The molecule has 4 aromatic rings. The van der Waals surface area contributed by atoms with Crippen LogP contribution in [-0.2, 0) is 24.2 Å². The Morgan fingerprint density at radius 3 is 2.72 bits per heavy atom. The van der Waals surface area contributed by atoms with Crippen molar-refractivity contribution in [1.29, 1.82) is 0 Å². The Kier molecular flexibility index (Phi) is 7.30. The van der Waals surface area contributed by atoms with E-state index in [0.29, 0.717) is 30.2 Å². The third kappa shape index (κ3) is 5.53. The standard InChI is InChI=1S/C29H34N6O4/c1-19(2)27(28-31-32-33-35(28)17-23-9-6-12-37-23)34(11-10-20-7-4-3-5-8-20)16-22-13-21-14-25-26(39-18-38-25)15-24(21)30-29(22)36/h3-5,7-8,13-15,19,23,27H,6,9-12,16-18H2,1-2H3,(H,30,36)/t23-,27+/m0/s1. The van der Waals surface area contributed by atoms with Gasteiger partial charge in [0.25, 0.3) is 5.56 Å². The van der Waals surface area contributed by atoms with Gasteiger partial charge in [0.15, 0.2) is 17.3 Å². The molecule has 6 rings (SSSR count). The first-order valence-corrected chi connectivity index (χ1v) is 13.7. The second-order valence-corrected chi connectivity index (χ2v) is 10.7. The fraction of sp³-hybridized carbons (Fsp3) is 0.448. The highest BCUT2D eigenvalue weighted by Crippen LogP contribution is 2.35. The number of H-pyrrole nitrogens is 1. The normalized spacial score (nSPS) is 17.5. The molecular formula is C29H34N6O4. The van der Waals surface area contributed by atoms with Crippen LogP contribution < -0.4 is 15.0 Å². The number of ether oxygens (including phenoxy) is 3. The van der Waals surface area contributed by atoms with Gasteiger partial charge >= 0.3 is 0 Å². The van der Waals surface area contributed by atoms with Gasteiger partial charge in [0, 0.05) is 36.7 Å². The summed E-state index contributed by atoms with van der Waals surface area (Å²) in [6.45, 7) is 7.13. The van der Waals surface area contributed by atoms with Crippen LogP contribution in [0.25, 0.3) is 10.9 Å². The van der Waals surface area contributed by atoms with E-state index in [9.17, 15) is 4.79 Å². The Labute approximate surface area is 226 Å². The number of aromatic nitrogens is 5. The highest BCUT2D eigenvalue weighted by Gasteiger charge is 2.31. The molecule has 4 heterocycles. The fourth-order valence-corrected chi connectivity index (χ4v) is 5.63. The molecular weight excluding hydrogens is 496 g/mol. The summed E-state index contributed by atoms with van der Waals surface area (Å²) in [5.74, 6) is 2.33. The second-order valence-electron chi connectivity index (χ2n) is 10.7. The molecule has 1 fully saturated rings. The van der Waals surface area contributed by atoms with Crippen molar-refractivity contribution >= 4 is 10.9 Å². The average molecular weight is 531 g/mol. The van der Waals surface area contributed by atoms with Crippen LogP contribution in [0.4, 0.5) is 0 Å². The van der Waals surface area contributed by atoms with Crippen LogP contribution in [0.3, 0.4) is 0 Å². The SMILES string of the molecule is CC(C)[C@H](c1nnnn1C[C@@H]1CCCO1)N(CCc1ccccc1)Cc1cc2cc3c(cc2[nH]c1=O)OCO3. The van der Waals surface area contributed by atoms with Crippen LogP contribution in [0, 0.1) is 5.92 Å². The number of hydrogen-bond donors (Lipinski definition) is 1. The Hall–Kier alpha value is -3.76. The minimum Gasteiger partial charge on any atom is -0.454 e. The molecule has 1 N–H and O–H groups in total. The molecule has 0 radical (unpaired) electrons. The molecule has 2 aliphatic rings. The maximum absolute atomic E-state index is 13.3. The summed E-state index contributed by atoms with van der Waals surface area (Å²) in [6.07, 6.45) is 3.02. The van der Waals surface area contributed by atoms with E-state index in [1.165, 1.54) is 5.56 Å². The lowest BCUT2D eigenvalue weighted by Gasteiger charge is -2.33. The molecule has 2 aromatic heterocycles. The topological polar surface area (TPSA) is 107 Å². The Morgan fingerprint density at radius 1 is 1.13 bits per heavy atom. The Morgan fingerprint density at radius 2 is 1.95 bits per heavy atom. The van der Waals surface area contributed by atoms with E-state index in [1.54, 1.807) is 0 Å². The largest absolute Gasteiger partial charge is 0.454 e. The number of hydrogen-bond acceptors (Lipinski definition) is 8. The van der Waals surface area contributed by atoms with Crippen LogP contribution in [0.15, 0.2) is 53.3 Å². The number of benzene rings is 2. The zero-order chi connectivity index (χ0) is 26.8. The van der Waals surface area contributed by atoms with Gasteiger partial charge in [-0.3, -0.25) is 9.69 Å². The third-order valence-corrected chi connectivity index (χ3v) is 7.57. The van der Waals surface area contributed by atoms with E-state index in [1.807, 2.05) is 28.9 Å². The predicted octanol–water partition coefficient (Wildman–Crippen LogP) is 3.86. The van der Waals surface area contributed by atoms with Gasteiger partial charge in [-0.1, -0.05) is 44.2 Å². The number of rotatable bonds is 10. The van der Waals surface area contributed by atoms with E-state index >= 15 is 0 Å². The number of tetrazole rings is 1. The number of pyridine rings is 1. The van der Waals surface area contributed by atoms with Crippen LogP contribution >= 0.6 is 0 Å². The summed E-state index contributed by atoms with van der Waals surface area (Å²) in [5.41, 5.74) is 2.53. The summed E-state index contributed by atoms with van der Waals surface area (Å²) in [4.78, 5) is 18.7. The summed E-state index contributed by atoms with van der Waals surface area (Å²) < 4.78 is 18.8. The van der Waals surface area contributed by atoms with Crippen molar-refractivity contribution in [1.82, 2.24) is 30.1 Å². The average Bonchev–Trinajstić information content (AvgIpc) is 3.70. The van der Waals surface area contributed by atoms with Crippen molar-refractivity contribution in [3.63, 3.8) is 0 Å². The highest BCUT2D eigenvalue weighted by atomic mass is 16.7. The van der Waals surface area contributed by atoms with Crippen molar-refractivity contribution in [2.24, 2.45) is 5.92 Å². The molecule has 0 bridgehead atoms. The molecule has 1 saturated heterocycles. The van der Waals surface area contributed by atoms with E-state index < -0.39 is 0 Å². The van der Waals surface area contributed by atoms with Gasteiger partial charge in [-0.15, -0.1) is 5.10 Å². The fourth-order valence-electron chi connectivity index (χ4n) is 5.63. The lowest BCUT2D eigenvalue weighted by Crippen LogP contribution is -2.37. The monoisotopic (exact) mass is 530 g/mol. The molecule has 0 spiro atoms. The molecule has 204 valence electrons. The minimum atomic E-state index is -0.118. The zero-order valence-corrected chi connectivity index (χ0v) is 22.4. The lowest BCUT2D eigenvalue weighted by molar-refractivity contribution is 0.0864. The second kappa shape index (κ2) is 11.2. The first-order chi connectivity index (χ1) is 19.0. The van der Waals surface area contributed by atoms with E-state index in [-0.39, 0.29) is 30.4 Å². The van der Waals surface area contributed by atoms with E-state index in [2.05, 4.69) is 63.5 Å². The molecule has 2 atom stereocenters. The molecule has 39 heavy (non-hydrogen) atoms. The van der Waals surface area contributed by atoms with Gasteiger partial charge in [-0.25, -0.2) is 4.68 Å². The van der Waals surface area contributed by atoms with Gasteiger partial charge in [0.1, 0.15) is 0 Å². The molecule has 0 amide bonds. The quantitative estimate of drug-likeness (QED) is 0.329. The first-order valence-electron chi connectivity index (χ1n) is 13.7. The number of aromatic amines is 1. The maximum atomic E-state index is 13.3. The smallest absolute Gasteiger partial charge is 0.252 e. The number of fused-ring (bicyclic) bond motifs is 2. The molecule has 0 saturated carbocycles. The minimum absolute atomic E-state index is 0.100. The zero-order valence-electron chi connectivity index (χ0n) is 22.4. The van der Waals surface area contributed by atoms with E-state index in [4.69, 9.17) is 14.2 Å². The van der Waals surface area contributed by atoms with Crippen LogP contribution in [0.1, 0.15) is 49.7 Å². The molecule has 10 nitrogen and oxygen atoms in total. The van der Waals surface area contributed by atoms with Crippen LogP contribution in [0.5, 0.6) is 11.5 Å². The van der Waals surface area contributed by atoms with Crippen LogP contribution in [0.2, 0.25) is 0 Å². The number of nitrogens with zero attached hydrogens (tertiary/aromatic N) is 5. The first kappa shape index (κ1) is 25.5. The summed E-state index contributed by atoms with van der Waals surface area (Å²) in [5, 5.41) is 13.8. The highest BCUT2D eigenvalue weighted by molar-refractivity contribution is 5.83. The molecule has 0 unspecified atom stereocenters.